The highest BCUT2D eigenvalue weighted by Crippen LogP contribution is 2.22. The zero-order chi connectivity index (χ0) is 14.3. The summed E-state index contributed by atoms with van der Waals surface area (Å²) in [6.07, 6.45) is 4.82. The number of carbonyl (C=O) groups is 2. The van der Waals surface area contributed by atoms with Crippen molar-refractivity contribution in [3.8, 4) is 0 Å². The highest BCUT2D eigenvalue weighted by molar-refractivity contribution is 5.75. The lowest BCUT2D eigenvalue weighted by Gasteiger charge is -2.31. The number of aliphatic carboxylic acids is 1. The Bertz CT molecular complexity index is 297. The van der Waals surface area contributed by atoms with Gasteiger partial charge in [-0.05, 0) is 51.2 Å². The smallest absolute Gasteiger partial charge is 0.303 e. The van der Waals surface area contributed by atoms with Crippen LogP contribution >= 0.6 is 0 Å². The largest absolute Gasteiger partial charge is 0.481 e. The Balaban J connectivity index is 2.10. The molecule has 0 aromatic rings. The van der Waals surface area contributed by atoms with Crippen LogP contribution in [0.4, 0.5) is 0 Å². The van der Waals surface area contributed by atoms with E-state index in [4.69, 9.17) is 5.11 Å². The fraction of sp³-hybridized carbons (Fsp3) is 0.857. The summed E-state index contributed by atoms with van der Waals surface area (Å²) in [5.41, 5.74) is 0. The van der Waals surface area contributed by atoms with Crippen molar-refractivity contribution in [3.63, 3.8) is 0 Å². The SMILES string of the molecule is CN(C)C(=O)CCCN1CCC(CCC(=O)O)CC1. The number of hydrogen-bond donors (Lipinski definition) is 1. The summed E-state index contributed by atoms with van der Waals surface area (Å²) < 4.78 is 0. The summed E-state index contributed by atoms with van der Waals surface area (Å²) in [5.74, 6) is 0.0664. The zero-order valence-electron chi connectivity index (χ0n) is 12.1. The van der Waals surface area contributed by atoms with Gasteiger partial charge in [-0.15, -0.1) is 0 Å². The van der Waals surface area contributed by atoms with Crippen LogP contribution in [0.25, 0.3) is 0 Å². The Labute approximate surface area is 115 Å². The molecule has 5 nitrogen and oxygen atoms in total. The standard InChI is InChI=1S/C14H26N2O3/c1-15(2)13(17)4-3-9-16-10-7-12(8-11-16)5-6-14(18)19/h12H,3-11H2,1-2H3,(H,18,19). The Morgan fingerprint density at radius 1 is 1.21 bits per heavy atom. The van der Waals surface area contributed by atoms with Gasteiger partial charge in [0.15, 0.2) is 0 Å². The fourth-order valence-electron chi connectivity index (χ4n) is 2.50. The van der Waals surface area contributed by atoms with Crippen LogP contribution in [0.2, 0.25) is 0 Å². The third-order valence-corrected chi connectivity index (χ3v) is 3.84. The Kier molecular flexibility index (Phi) is 6.84. The summed E-state index contributed by atoms with van der Waals surface area (Å²) >= 11 is 0. The van der Waals surface area contributed by atoms with E-state index in [0.29, 0.717) is 18.8 Å². The molecule has 1 saturated heterocycles. The lowest BCUT2D eigenvalue weighted by molar-refractivity contribution is -0.137. The third-order valence-electron chi connectivity index (χ3n) is 3.84. The van der Waals surface area contributed by atoms with Crippen LogP contribution in [0.15, 0.2) is 0 Å². The molecule has 0 saturated carbocycles. The summed E-state index contributed by atoms with van der Waals surface area (Å²) in [6, 6.07) is 0. The van der Waals surface area contributed by atoms with Gasteiger partial charge in [-0.1, -0.05) is 0 Å². The summed E-state index contributed by atoms with van der Waals surface area (Å²) in [6.45, 7) is 3.06. The third kappa shape index (κ3) is 6.57. The molecule has 19 heavy (non-hydrogen) atoms. The van der Waals surface area contributed by atoms with E-state index in [2.05, 4.69) is 4.90 Å². The molecule has 1 aliphatic heterocycles. The predicted molar refractivity (Wildman–Crippen MR) is 74.0 cm³/mol. The molecule has 1 rings (SSSR count). The normalized spacial score (nSPS) is 17.4. The molecule has 5 heteroatoms. The van der Waals surface area contributed by atoms with Crippen molar-refractivity contribution in [2.45, 2.75) is 38.5 Å². The van der Waals surface area contributed by atoms with Gasteiger partial charge >= 0.3 is 5.97 Å². The summed E-state index contributed by atoms with van der Waals surface area (Å²) in [7, 11) is 3.58. The van der Waals surface area contributed by atoms with E-state index in [1.807, 2.05) is 0 Å². The predicted octanol–water partition coefficient (Wildman–Crippen LogP) is 1.43. The number of carboxylic acids is 1. The van der Waals surface area contributed by atoms with Crippen LogP contribution in [0, 0.1) is 5.92 Å². The highest BCUT2D eigenvalue weighted by Gasteiger charge is 2.19. The number of piperidine rings is 1. The van der Waals surface area contributed by atoms with Crippen LogP contribution in [0.1, 0.15) is 38.5 Å². The maximum atomic E-state index is 11.4. The van der Waals surface area contributed by atoms with Gasteiger partial charge in [0, 0.05) is 26.9 Å². The van der Waals surface area contributed by atoms with E-state index in [1.165, 1.54) is 0 Å². The molecule has 1 amide bonds. The lowest BCUT2D eigenvalue weighted by Crippen LogP contribution is -2.35. The first-order valence-corrected chi connectivity index (χ1v) is 7.13. The number of rotatable bonds is 7. The van der Waals surface area contributed by atoms with Crippen LogP contribution < -0.4 is 0 Å². The molecule has 1 N–H and O–H groups in total. The second-order valence-corrected chi connectivity index (χ2v) is 5.61. The molecule has 0 atom stereocenters. The summed E-state index contributed by atoms with van der Waals surface area (Å²) in [4.78, 5) is 26.0. The lowest BCUT2D eigenvalue weighted by atomic mass is 9.92. The highest BCUT2D eigenvalue weighted by atomic mass is 16.4. The van der Waals surface area contributed by atoms with Gasteiger partial charge in [-0.3, -0.25) is 9.59 Å². The molecule has 110 valence electrons. The number of amides is 1. The molecule has 0 bridgehead atoms. The van der Waals surface area contributed by atoms with Crippen LogP contribution in [-0.4, -0.2) is 60.5 Å². The van der Waals surface area contributed by atoms with Gasteiger partial charge in [0.1, 0.15) is 0 Å². The Morgan fingerprint density at radius 3 is 2.37 bits per heavy atom. The number of likely N-dealkylation sites (tertiary alicyclic amines) is 1. The second-order valence-electron chi connectivity index (χ2n) is 5.61. The van der Waals surface area contributed by atoms with Crippen LogP contribution in [0.5, 0.6) is 0 Å². The van der Waals surface area contributed by atoms with Crippen molar-refractivity contribution in [3.05, 3.63) is 0 Å². The van der Waals surface area contributed by atoms with Gasteiger partial charge in [-0.25, -0.2) is 0 Å². The molecule has 1 fully saturated rings. The number of hydrogen-bond acceptors (Lipinski definition) is 3. The van der Waals surface area contributed by atoms with E-state index in [0.717, 1.165) is 45.3 Å². The van der Waals surface area contributed by atoms with Gasteiger partial charge in [0.25, 0.3) is 0 Å². The zero-order valence-corrected chi connectivity index (χ0v) is 12.1. The average molecular weight is 270 g/mol. The second kappa shape index (κ2) is 8.15. The maximum Gasteiger partial charge on any atom is 0.303 e. The van der Waals surface area contributed by atoms with Crippen molar-refractivity contribution in [1.82, 2.24) is 9.80 Å². The molecule has 0 aromatic carbocycles. The topological polar surface area (TPSA) is 60.9 Å². The quantitative estimate of drug-likeness (QED) is 0.760. The van der Waals surface area contributed by atoms with E-state index in [9.17, 15) is 9.59 Å². The van der Waals surface area contributed by atoms with Crippen molar-refractivity contribution >= 4 is 11.9 Å². The molecule has 1 aliphatic rings. The van der Waals surface area contributed by atoms with E-state index >= 15 is 0 Å². The van der Waals surface area contributed by atoms with Gasteiger partial charge in [-0.2, -0.15) is 0 Å². The van der Waals surface area contributed by atoms with Crippen molar-refractivity contribution in [1.29, 1.82) is 0 Å². The molecule has 1 heterocycles. The Morgan fingerprint density at radius 2 is 1.84 bits per heavy atom. The minimum absolute atomic E-state index is 0.191. The van der Waals surface area contributed by atoms with Crippen molar-refractivity contribution < 1.29 is 14.7 Å². The van der Waals surface area contributed by atoms with E-state index in [-0.39, 0.29) is 5.91 Å². The fourth-order valence-corrected chi connectivity index (χ4v) is 2.50. The van der Waals surface area contributed by atoms with Gasteiger partial charge in [0.05, 0.1) is 0 Å². The van der Waals surface area contributed by atoms with Gasteiger partial charge in [0.2, 0.25) is 5.91 Å². The first-order chi connectivity index (χ1) is 8.99. The maximum absolute atomic E-state index is 11.4. The van der Waals surface area contributed by atoms with Gasteiger partial charge < -0.3 is 14.9 Å². The average Bonchev–Trinajstić information content (AvgIpc) is 2.37. The molecule has 0 radical (unpaired) electrons. The monoisotopic (exact) mass is 270 g/mol. The molecule has 0 aliphatic carbocycles. The summed E-state index contributed by atoms with van der Waals surface area (Å²) in [5, 5.41) is 8.66. The van der Waals surface area contributed by atoms with E-state index < -0.39 is 5.97 Å². The first-order valence-electron chi connectivity index (χ1n) is 7.13. The molecular formula is C14H26N2O3. The van der Waals surface area contributed by atoms with Crippen LogP contribution in [-0.2, 0) is 9.59 Å². The van der Waals surface area contributed by atoms with E-state index in [1.54, 1.807) is 19.0 Å². The van der Waals surface area contributed by atoms with Crippen LogP contribution in [0.3, 0.4) is 0 Å². The number of carboxylic acid groups (broad SMARTS) is 1. The van der Waals surface area contributed by atoms with Crippen molar-refractivity contribution in [2.24, 2.45) is 5.92 Å². The molecule has 0 unspecified atom stereocenters. The number of nitrogens with zero attached hydrogens (tertiary/aromatic N) is 2. The molecule has 0 aromatic heterocycles. The first kappa shape index (κ1) is 16.0. The molecule has 0 spiro atoms. The Hall–Kier alpha value is -1.10. The van der Waals surface area contributed by atoms with Crippen molar-refractivity contribution in [2.75, 3.05) is 33.7 Å². The minimum Gasteiger partial charge on any atom is -0.481 e. The minimum atomic E-state index is -0.690. The molecular weight excluding hydrogens is 244 g/mol. The number of carbonyl (C=O) groups excluding carboxylic acids is 1.